The summed E-state index contributed by atoms with van der Waals surface area (Å²) in [4.78, 5) is 4.37. The minimum Gasteiger partial charge on any atom is -0.361 e. The highest BCUT2D eigenvalue weighted by Crippen LogP contribution is 2.25. The molecule has 0 saturated heterocycles. The monoisotopic (exact) mass is 434 g/mol. The third-order valence-corrected chi connectivity index (χ3v) is 6.12. The molecular formula is C15H23BrN2O4SSi. The summed E-state index contributed by atoms with van der Waals surface area (Å²) in [5, 5.41) is 0. The summed E-state index contributed by atoms with van der Waals surface area (Å²) in [6.07, 6.45) is 2.74. The predicted molar refractivity (Wildman–Crippen MR) is 101 cm³/mol. The lowest BCUT2D eigenvalue weighted by Gasteiger charge is -2.16. The molecule has 0 atom stereocenters. The molecule has 0 radical (unpaired) electrons. The van der Waals surface area contributed by atoms with Crippen molar-refractivity contribution >= 4 is 45.2 Å². The summed E-state index contributed by atoms with van der Waals surface area (Å²) >= 11 is 3.42. The highest BCUT2D eigenvalue weighted by atomic mass is 79.9. The number of ether oxygens (including phenoxy) is 1. The Labute approximate surface area is 152 Å². The molecule has 0 amide bonds. The van der Waals surface area contributed by atoms with E-state index in [9.17, 15) is 8.42 Å². The van der Waals surface area contributed by atoms with E-state index >= 15 is 0 Å². The second-order valence-electron chi connectivity index (χ2n) is 6.96. The quantitative estimate of drug-likeness (QED) is 0.360. The van der Waals surface area contributed by atoms with E-state index < -0.39 is 18.2 Å². The Kier molecular flexibility index (Phi) is 6.24. The van der Waals surface area contributed by atoms with Crippen molar-refractivity contribution in [2.75, 3.05) is 12.9 Å². The molecule has 134 valence electrons. The standard InChI is InChI=1S/C15H23BrN2O4SSi/c1-23(19,20)22-9-12-7-13(16)8-14-15(12)18(10-17-14)11-21-5-6-24(2,3)4/h7-8,10H,5-6,9,11H2,1-4H3. The van der Waals surface area contributed by atoms with Gasteiger partial charge < -0.3 is 9.30 Å². The molecule has 0 saturated carbocycles. The average molecular weight is 435 g/mol. The maximum absolute atomic E-state index is 11.3. The number of halogens is 1. The van der Waals surface area contributed by atoms with Gasteiger partial charge in [0.15, 0.2) is 0 Å². The van der Waals surface area contributed by atoms with Gasteiger partial charge in [0, 0.05) is 24.7 Å². The molecule has 2 rings (SSSR count). The second kappa shape index (κ2) is 7.65. The van der Waals surface area contributed by atoms with Crippen LogP contribution in [0.4, 0.5) is 0 Å². The maximum Gasteiger partial charge on any atom is 0.264 e. The van der Waals surface area contributed by atoms with Crippen molar-refractivity contribution in [1.29, 1.82) is 0 Å². The van der Waals surface area contributed by atoms with Crippen LogP contribution in [-0.2, 0) is 32.4 Å². The molecule has 1 aromatic carbocycles. The number of rotatable bonds is 8. The summed E-state index contributed by atoms with van der Waals surface area (Å²) in [5.74, 6) is 0. The lowest BCUT2D eigenvalue weighted by Crippen LogP contribution is -2.22. The first-order valence-electron chi connectivity index (χ1n) is 7.60. The third-order valence-electron chi connectivity index (χ3n) is 3.41. The Hall–Kier alpha value is -0.743. The zero-order valence-electron chi connectivity index (χ0n) is 14.4. The molecule has 0 spiro atoms. The van der Waals surface area contributed by atoms with Crippen LogP contribution in [0.5, 0.6) is 0 Å². The van der Waals surface area contributed by atoms with Crippen LogP contribution in [0.25, 0.3) is 11.0 Å². The lowest BCUT2D eigenvalue weighted by molar-refractivity contribution is 0.0897. The molecule has 1 heterocycles. The molecule has 0 aliphatic carbocycles. The molecule has 6 nitrogen and oxygen atoms in total. The maximum atomic E-state index is 11.3. The first-order chi connectivity index (χ1) is 11.1. The number of fused-ring (bicyclic) bond motifs is 1. The van der Waals surface area contributed by atoms with Gasteiger partial charge in [0.25, 0.3) is 10.1 Å². The normalized spacial score (nSPS) is 12.9. The number of benzene rings is 1. The van der Waals surface area contributed by atoms with Crippen LogP contribution < -0.4 is 0 Å². The van der Waals surface area contributed by atoms with E-state index in [0.29, 0.717) is 13.3 Å². The number of hydrogen-bond acceptors (Lipinski definition) is 5. The molecule has 1 aromatic heterocycles. The van der Waals surface area contributed by atoms with E-state index in [2.05, 4.69) is 40.6 Å². The smallest absolute Gasteiger partial charge is 0.264 e. The molecule has 0 unspecified atom stereocenters. The summed E-state index contributed by atoms with van der Waals surface area (Å²) < 4.78 is 36.0. The van der Waals surface area contributed by atoms with E-state index in [0.717, 1.165) is 33.4 Å². The molecule has 0 fully saturated rings. The van der Waals surface area contributed by atoms with Crippen molar-refractivity contribution in [3.63, 3.8) is 0 Å². The molecule has 0 N–H and O–H groups in total. The molecule has 24 heavy (non-hydrogen) atoms. The van der Waals surface area contributed by atoms with Gasteiger partial charge in [-0.05, 0) is 18.2 Å². The fourth-order valence-corrected chi connectivity index (χ4v) is 3.77. The van der Waals surface area contributed by atoms with Crippen LogP contribution in [0.3, 0.4) is 0 Å². The Morgan fingerprint density at radius 2 is 2.00 bits per heavy atom. The van der Waals surface area contributed by atoms with Gasteiger partial charge in [-0.25, -0.2) is 4.98 Å². The molecule has 9 heteroatoms. The summed E-state index contributed by atoms with van der Waals surface area (Å²) in [5.41, 5.74) is 2.34. The summed E-state index contributed by atoms with van der Waals surface area (Å²) in [7, 11) is -4.64. The van der Waals surface area contributed by atoms with Crippen LogP contribution in [0.15, 0.2) is 22.9 Å². The van der Waals surface area contributed by atoms with Crippen molar-refractivity contribution in [3.05, 3.63) is 28.5 Å². The van der Waals surface area contributed by atoms with E-state index in [-0.39, 0.29) is 6.61 Å². The van der Waals surface area contributed by atoms with E-state index in [1.165, 1.54) is 0 Å². The number of nitrogens with zero attached hydrogens (tertiary/aromatic N) is 2. The Morgan fingerprint density at radius 1 is 1.29 bits per heavy atom. The van der Waals surface area contributed by atoms with Crippen LogP contribution in [0.1, 0.15) is 5.56 Å². The van der Waals surface area contributed by atoms with Gasteiger partial charge in [-0.15, -0.1) is 0 Å². The van der Waals surface area contributed by atoms with Crippen LogP contribution in [0.2, 0.25) is 25.7 Å². The van der Waals surface area contributed by atoms with E-state index in [1.54, 1.807) is 6.33 Å². The SMILES string of the molecule is C[Si](C)(C)CCOCn1cnc2cc(Br)cc(COS(C)(=O)=O)c21. The van der Waals surface area contributed by atoms with Crippen molar-refractivity contribution in [2.24, 2.45) is 0 Å². The van der Waals surface area contributed by atoms with Crippen molar-refractivity contribution in [2.45, 2.75) is 39.0 Å². The number of aromatic nitrogens is 2. The number of imidazole rings is 1. The lowest BCUT2D eigenvalue weighted by atomic mass is 10.2. The minimum atomic E-state index is -3.51. The van der Waals surface area contributed by atoms with Gasteiger partial charge in [0.05, 0.1) is 30.2 Å². The van der Waals surface area contributed by atoms with Gasteiger partial charge in [-0.2, -0.15) is 8.42 Å². The topological polar surface area (TPSA) is 70.4 Å². The molecule has 0 aliphatic rings. The average Bonchev–Trinajstić information content (AvgIpc) is 2.82. The largest absolute Gasteiger partial charge is 0.361 e. The van der Waals surface area contributed by atoms with Gasteiger partial charge in [-0.1, -0.05) is 35.6 Å². The van der Waals surface area contributed by atoms with E-state index in [1.807, 2.05) is 16.7 Å². The highest BCUT2D eigenvalue weighted by molar-refractivity contribution is 9.10. The highest BCUT2D eigenvalue weighted by Gasteiger charge is 2.14. The third kappa shape index (κ3) is 5.96. The summed E-state index contributed by atoms with van der Waals surface area (Å²) in [6, 6.07) is 4.82. The Morgan fingerprint density at radius 3 is 2.62 bits per heavy atom. The van der Waals surface area contributed by atoms with E-state index in [4.69, 9.17) is 8.92 Å². The molecule has 0 aliphatic heterocycles. The van der Waals surface area contributed by atoms with Crippen molar-refractivity contribution in [3.8, 4) is 0 Å². The molecule has 2 aromatic rings. The molecule has 0 bridgehead atoms. The Balaban J connectivity index is 2.18. The fourth-order valence-electron chi connectivity index (χ4n) is 2.18. The number of hydrogen-bond donors (Lipinski definition) is 0. The van der Waals surface area contributed by atoms with Crippen LogP contribution in [0, 0.1) is 0 Å². The minimum absolute atomic E-state index is 0.0324. The fraction of sp³-hybridized carbons (Fsp3) is 0.533. The van der Waals surface area contributed by atoms with Crippen molar-refractivity contribution < 1.29 is 17.3 Å². The van der Waals surface area contributed by atoms with Gasteiger partial charge in [0.2, 0.25) is 0 Å². The summed E-state index contributed by atoms with van der Waals surface area (Å²) in [6.45, 7) is 7.98. The molecular weight excluding hydrogens is 412 g/mol. The predicted octanol–water partition coefficient (Wildman–Crippen LogP) is 3.59. The van der Waals surface area contributed by atoms with Gasteiger partial charge in [-0.3, -0.25) is 4.18 Å². The zero-order valence-corrected chi connectivity index (χ0v) is 17.8. The van der Waals surface area contributed by atoms with Crippen molar-refractivity contribution in [1.82, 2.24) is 9.55 Å². The first-order valence-corrected chi connectivity index (χ1v) is 13.9. The van der Waals surface area contributed by atoms with Crippen LogP contribution >= 0.6 is 15.9 Å². The van der Waals surface area contributed by atoms with Gasteiger partial charge >= 0.3 is 0 Å². The second-order valence-corrected chi connectivity index (χ2v) is 15.1. The van der Waals surface area contributed by atoms with Crippen LogP contribution in [-0.4, -0.2) is 38.9 Å². The Bertz CT molecular complexity index is 815. The zero-order chi connectivity index (χ0) is 18.0. The first kappa shape index (κ1) is 19.6. The van der Waals surface area contributed by atoms with Gasteiger partial charge in [0.1, 0.15) is 6.73 Å².